The third-order valence-corrected chi connectivity index (χ3v) is 6.00. The predicted octanol–water partition coefficient (Wildman–Crippen LogP) is 3.84. The Bertz CT molecular complexity index is 1330. The van der Waals surface area contributed by atoms with Crippen molar-refractivity contribution in [3.8, 4) is 0 Å². The molecule has 164 valence electrons. The van der Waals surface area contributed by atoms with Gasteiger partial charge in [-0.15, -0.1) is 0 Å². The fourth-order valence-electron chi connectivity index (χ4n) is 3.92. The lowest BCUT2D eigenvalue weighted by atomic mass is 10.1. The molecule has 1 aliphatic rings. The van der Waals surface area contributed by atoms with Crippen LogP contribution >= 0.6 is 11.7 Å². The fourth-order valence-corrected chi connectivity index (χ4v) is 4.47. The maximum absolute atomic E-state index is 13.3. The number of hydrogen-bond donors (Lipinski definition) is 1. The van der Waals surface area contributed by atoms with Crippen molar-refractivity contribution >= 4 is 46.3 Å². The Hall–Kier alpha value is -4.11. The van der Waals surface area contributed by atoms with Crippen LogP contribution in [-0.2, 0) is 16.1 Å². The maximum Gasteiger partial charge on any atom is 0.328 e. The monoisotopic (exact) mass is 457 g/mol. The van der Waals surface area contributed by atoms with Gasteiger partial charge in [-0.2, -0.15) is 8.75 Å². The summed E-state index contributed by atoms with van der Waals surface area (Å²) in [6, 6.07) is 22.6. The summed E-state index contributed by atoms with van der Waals surface area (Å²) in [6.45, 7) is -0.132. The minimum Gasteiger partial charge on any atom is -0.323 e. The Kier molecular flexibility index (Phi) is 5.54. The molecule has 1 aromatic heterocycles. The van der Waals surface area contributed by atoms with E-state index in [1.54, 1.807) is 18.2 Å². The first-order chi connectivity index (χ1) is 16.1. The number of carbonyl (C=O) groups excluding carboxylic acids is 3. The summed E-state index contributed by atoms with van der Waals surface area (Å²) in [7, 11) is 0. The van der Waals surface area contributed by atoms with Crippen LogP contribution in [0, 0.1) is 0 Å². The lowest BCUT2D eigenvalue weighted by molar-refractivity contribution is -0.131. The molecule has 0 spiro atoms. The lowest BCUT2D eigenvalue weighted by Gasteiger charge is -2.22. The Morgan fingerprint density at radius 3 is 2.39 bits per heavy atom. The van der Waals surface area contributed by atoms with Gasteiger partial charge in [0.15, 0.2) is 0 Å². The van der Waals surface area contributed by atoms with Gasteiger partial charge in [-0.3, -0.25) is 14.5 Å². The Balaban J connectivity index is 1.40. The van der Waals surface area contributed by atoms with Crippen LogP contribution in [0.1, 0.15) is 17.2 Å². The van der Waals surface area contributed by atoms with E-state index in [0.717, 1.165) is 22.2 Å². The topological polar surface area (TPSA) is 95.5 Å². The predicted molar refractivity (Wildman–Crippen MR) is 124 cm³/mol. The average Bonchev–Trinajstić information content (AvgIpc) is 3.40. The van der Waals surface area contributed by atoms with Gasteiger partial charge in [0.05, 0.1) is 17.4 Å². The van der Waals surface area contributed by atoms with E-state index in [1.165, 1.54) is 4.90 Å². The number of fused-ring (bicyclic) bond motifs is 1. The van der Waals surface area contributed by atoms with E-state index in [2.05, 4.69) is 14.1 Å². The van der Waals surface area contributed by atoms with Crippen LogP contribution in [0.25, 0.3) is 11.0 Å². The summed E-state index contributed by atoms with van der Waals surface area (Å²) in [5.74, 6) is -0.906. The van der Waals surface area contributed by atoms with Gasteiger partial charge in [-0.05, 0) is 23.3 Å². The van der Waals surface area contributed by atoms with E-state index in [4.69, 9.17) is 0 Å². The second kappa shape index (κ2) is 8.79. The number of rotatable bonds is 6. The van der Waals surface area contributed by atoms with E-state index in [-0.39, 0.29) is 13.1 Å². The van der Waals surface area contributed by atoms with E-state index in [9.17, 15) is 14.4 Å². The van der Waals surface area contributed by atoms with Crippen molar-refractivity contribution in [2.45, 2.75) is 12.6 Å². The molecule has 4 aromatic rings. The first kappa shape index (κ1) is 20.8. The molecule has 1 N–H and O–H groups in total. The van der Waals surface area contributed by atoms with Gasteiger partial charge in [0.2, 0.25) is 5.91 Å². The molecule has 4 amide bonds. The van der Waals surface area contributed by atoms with Crippen LogP contribution in [0.5, 0.6) is 0 Å². The second-order valence-corrected chi connectivity index (χ2v) is 8.15. The molecule has 1 atom stereocenters. The smallest absolute Gasteiger partial charge is 0.323 e. The van der Waals surface area contributed by atoms with Gasteiger partial charge in [-0.25, -0.2) is 4.79 Å². The molecule has 8 nitrogen and oxygen atoms in total. The molecule has 2 heterocycles. The van der Waals surface area contributed by atoms with Crippen LogP contribution in [0.2, 0.25) is 0 Å². The third kappa shape index (κ3) is 4.06. The Morgan fingerprint density at radius 1 is 0.909 bits per heavy atom. The highest BCUT2D eigenvalue weighted by Gasteiger charge is 2.46. The summed E-state index contributed by atoms with van der Waals surface area (Å²) >= 11 is 1.05. The van der Waals surface area contributed by atoms with Crippen LogP contribution < -0.4 is 5.32 Å². The molecule has 0 radical (unpaired) electrons. The number of amides is 4. The summed E-state index contributed by atoms with van der Waals surface area (Å²) in [5.41, 5.74) is 3.33. The molecule has 0 bridgehead atoms. The summed E-state index contributed by atoms with van der Waals surface area (Å²) in [4.78, 5) is 42.0. The van der Waals surface area contributed by atoms with Gasteiger partial charge in [0.25, 0.3) is 5.91 Å². The van der Waals surface area contributed by atoms with Gasteiger partial charge < -0.3 is 10.2 Å². The number of aromatic nitrogens is 2. The minimum atomic E-state index is -0.794. The van der Waals surface area contributed by atoms with Crippen molar-refractivity contribution in [1.82, 2.24) is 18.5 Å². The number of anilines is 1. The van der Waals surface area contributed by atoms with Crippen molar-refractivity contribution in [3.05, 3.63) is 90.0 Å². The molecule has 1 saturated heterocycles. The lowest BCUT2D eigenvalue weighted by Crippen LogP contribution is -2.38. The quantitative estimate of drug-likeness (QED) is 0.444. The summed E-state index contributed by atoms with van der Waals surface area (Å²) < 4.78 is 8.37. The second-order valence-electron chi connectivity index (χ2n) is 7.62. The fraction of sp³-hybridized carbons (Fsp3) is 0.125. The molecule has 1 unspecified atom stereocenters. The molecule has 5 rings (SSSR count). The normalized spacial score (nSPS) is 15.9. The van der Waals surface area contributed by atoms with E-state index in [1.807, 2.05) is 60.7 Å². The van der Waals surface area contributed by atoms with Gasteiger partial charge in [0.1, 0.15) is 23.6 Å². The number of nitrogens with one attached hydrogen (secondary N) is 1. The van der Waals surface area contributed by atoms with Crippen molar-refractivity contribution < 1.29 is 14.4 Å². The highest BCUT2D eigenvalue weighted by molar-refractivity contribution is 7.00. The number of nitrogens with zero attached hydrogens (tertiary/aromatic N) is 4. The maximum atomic E-state index is 13.3. The molecule has 1 fully saturated rings. The molecule has 0 aliphatic carbocycles. The first-order valence-corrected chi connectivity index (χ1v) is 11.1. The highest BCUT2D eigenvalue weighted by Crippen LogP contribution is 2.32. The average molecular weight is 458 g/mol. The van der Waals surface area contributed by atoms with E-state index in [0.29, 0.717) is 22.3 Å². The van der Waals surface area contributed by atoms with Crippen molar-refractivity contribution in [2.75, 3.05) is 11.9 Å². The summed E-state index contributed by atoms with van der Waals surface area (Å²) in [6.07, 6.45) is 0. The third-order valence-electron chi connectivity index (χ3n) is 5.46. The van der Waals surface area contributed by atoms with Crippen molar-refractivity contribution in [1.29, 1.82) is 0 Å². The Morgan fingerprint density at radius 2 is 1.64 bits per heavy atom. The first-order valence-electron chi connectivity index (χ1n) is 10.3. The number of benzene rings is 3. The number of hydrogen-bond acceptors (Lipinski definition) is 6. The summed E-state index contributed by atoms with van der Waals surface area (Å²) in [5, 5.41) is 2.76. The number of carbonyl (C=O) groups is 3. The SMILES string of the molecule is O=C(CN1C(=O)C(c2ccccc2)N(Cc2ccccc2)C1=O)Nc1cccc2nsnc12. The zero-order valence-corrected chi connectivity index (χ0v) is 18.2. The molecular weight excluding hydrogens is 438 g/mol. The van der Waals surface area contributed by atoms with Crippen molar-refractivity contribution in [3.63, 3.8) is 0 Å². The number of urea groups is 1. The van der Waals surface area contributed by atoms with E-state index >= 15 is 0 Å². The largest absolute Gasteiger partial charge is 0.328 e. The van der Waals surface area contributed by atoms with Crippen LogP contribution in [-0.4, -0.2) is 42.9 Å². The van der Waals surface area contributed by atoms with Gasteiger partial charge >= 0.3 is 6.03 Å². The number of imide groups is 1. The molecular formula is C24H19N5O3S. The standard InChI is InChI=1S/C24H19N5O3S/c30-20(25-18-12-7-13-19-21(18)27-33-26-19)15-29-23(31)22(17-10-5-2-6-11-17)28(24(29)32)14-16-8-3-1-4-9-16/h1-13,22H,14-15H2,(H,25,30). The van der Waals surface area contributed by atoms with Crippen molar-refractivity contribution in [2.24, 2.45) is 0 Å². The highest BCUT2D eigenvalue weighted by atomic mass is 32.1. The molecule has 3 aromatic carbocycles. The molecule has 1 aliphatic heterocycles. The van der Waals surface area contributed by atoms with E-state index < -0.39 is 23.9 Å². The zero-order valence-electron chi connectivity index (χ0n) is 17.4. The minimum absolute atomic E-state index is 0.257. The van der Waals surface area contributed by atoms with Crippen LogP contribution in [0.3, 0.4) is 0 Å². The molecule has 33 heavy (non-hydrogen) atoms. The zero-order chi connectivity index (χ0) is 22.8. The molecule has 0 saturated carbocycles. The van der Waals surface area contributed by atoms with Gasteiger partial charge in [-0.1, -0.05) is 66.7 Å². The molecule has 9 heteroatoms. The Labute approximate surface area is 193 Å². The van der Waals surface area contributed by atoms with Crippen LogP contribution in [0.15, 0.2) is 78.9 Å². The van der Waals surface area contributed by atoms with Gasteiger partial charge in [0, 0.05) is 6.54 Å². The van der Waals surface area contributed by atoms with Crippen LogP contribution in [0.4, 0.5) is 10.5 Å².